The number of benzene rings is 1. The molecule has 3 rings (SSSR count). The van der Waals surface area contributed by atoms with Crippen LogP contribution < -0.4 is 0 Å². The maximum Gasteiger partial charge on any atom is 0.117 e. The van der Waals surface area contributed by atoms with Crippen molar-refractivity contribution in [3.63, 3.8) is 0 Å². The third kappa shape index (κ3) is 2.50. The first-order chi connectivity index (χ1) is 9.75. The molecule has 0 aliphatic heterocycles. The average Bonchev–Trinajstić information content (AvgIpc) is 2.48. The molecule has 1 N–H and O–H groups in total. The van der Waals surface area contributed by atoms with E-state index in [-0.39, 0.29) is 0 Å². The number of para-hydroxylation sites is 1. The van der Waals surface area contributed by atoms with Gasteiger partial charge >= 0.3 is 0 Å². The highest BCUT2D eigenvalue weighted by molar-refractivity contribution is 7.99. The molecule has 0 radical (unpaired) electrons. The maximum atomic E-state index is 9.81. The fraction of sp³-hybridized carbons (Fsp3) is 0.133. The van der Waals surface area contributed by atoms with Crippen molar-refractivity contribution in [1.29, 1.82) is 0 Å². The second kappa shape index (κ2) is 5.56. The van der Waals surface area contributed by atoms with Crippen LogP contribution in [0.3, 0.4) is 0 Å². The summed E-state index contributed by atoms with van der Waals surface area (Å²) in [7, 11) is 0. The molecule has 20 heavy (non-hydrogen) atoms. The van der Waals surface area contributed by atoms with E-state index in [0.717, 1.165) is 26.5 Å². The fourth-order valence-electron chi connectivity index (χ4n) is 1.96. The standard InChI is InChI=1S/C15H13N3OS/c1-10(19)11-6-4-8-16-14(11)20-15-12-5-2-3-7-13(12)17-9-18-15/h2-10,19H,1H3. The minimum atomic E-state index is -0.556. The molecule has 1 unspecified atom stereocenters. The van der Waals surface area contributed by atoms with Gasteiger partial charge in [-0.3, -0.25) is 0 Å². The van der Waals surface area contributed by atoms with Gasteiger partial charge in [-0.2, -0.15) is 0 Å². The topological polar surface area (TPSA) is 58.9 Å². The van der Waals surface area contributed by atoms with Gasteiger partial charge in [0.25, 0.3) is 0 Å². The molecule has 1 aromatic carbocycles. The highest BCUT2D eigenvalue weighted by atomic mass is 32.2. The SMILES string of the molecule is CC(O)c1cccnc1Sc1ncnc2ccccc12. The third-order valence-corrected chi connectivity index (χ3v) is 4.00. The molecule has 0 amide bonds. The highest BCUT2D eigenvalue weighted by Gasteiger charge is 2.12. The summed E-state index contributed by atoms with van der Waals surface area (Å²) < 4.78 is 0. The molecule has 0 saturated carbocycles. The van der Waals surface area contributed by atoms with E-state index in [4.69, 9.17) is 0 Å². The highest BCUT2D eigenvalue weighted by Crippen LogP contribution is 2.33. The van der Waals surface area contributed by atoms with E-state index < -0.39 is 6.10 Å². The lowest BCUT2D eigenvalue weighted by Gasteiger charge is -2.10. The predicted octanol–water partition coefficient (Wildman–Crippen LogP) is 3.23. The van der Waals surface area contributed by atoms with Crippen molar-refractivity contribution in [3.8, 4) is 0 Å². The molecule has 0 bridgehead atoms. The Balaban J connectivity index is 2.06. The van der Waals surface area contributed by atoms with Gasteiger partial charge in [0.05, 0.1) is 11.6 Å². The van der Waals surface area contributed by atoms with Gasteiger partial charge in [-0.15, -0.1) is 0 Å². The van der Waals surface area contributed by atoms with Gasteiger partial charge in [-0.25, -0.2) is 15.0 Å². The second-order valence-electron chi connectivity index (χ2n) is 4.37. The monoisotopic (exact) mass is 283 g/mol. The number of rotatable bonds is 3. The lowest BCUT2D eigenvalue weighted by atomic mass is 10.2. The van der Waals surface area contributed by atoms with Gasteiger partial charge in [0.1, 0.15) is 16.4 Å². The number of fused-ring (bicyclic) bond motifs is 1. The number of hydrogen-bond acceptors (Lipinski definition) is 5. The Kier molecular flexibility index (Phi) is 3.62. The lowest BCUT2D eigenvalue weighted by Crippen LogP contribution is -1.96. The zero-order chi connectivity index (χ0) is 13.9. The van der Waals surface area contributed by atoms with E-state index in [2.05, 4.69) is 15.0 Å². The Bertz CT molecular complexity index is 741. The lowest BCUT2D eigenvalue weighted by molar-refractivity contribution is 0.195. The minimum Gasteiger partial charge on any atom is -0.389 e. The summed E-state index contributed by atoms with van der Waals surface area (Å²) >= 11 is 1.45. The Morgan fingerprint density at radius 3 is 2.70 bits per heavy atom. The Morgan fingerprint density at radius 1 is 1.00 bits per heavy atom. The molecule has 4 nitrogen and oxygen atoms in total. The Labute approximate surface area is 120 Å². The zero-order valence-electron chi connectivity index (χ0n) is 10.9. The van der Waals surface area contributed by atoms with Crippen LogP contribution in [0.4, 0.5) is 0 Å². The van der Waals surface area contributed by atoms with Crippen molar-refractivity contribution >= 4 is 22.7 Å². The molecule has 0 spiro atoms. The van der Waals surface area contributed by atoms with Gasteiger partial charge in [-0.05, 0) is 30.8 Å². The molecule has 3 aromatic rings. The number of aliphatic hydroxyl groups excluding tert-OH is 1. The molecular formula is C15H13N3OS. The molecular weight excluding hydrogens is 270 g/mol. The Hall–Kier alpha value is -1.98. The largest absolute Gasteiger partial charge is 0.389 e. The van der Waals surface area contributed by atoms with E-state index in [0.29, 0.717) is 0 Å². The van der Waals surface area contributed by atoms with E-state index >= 15 is 0 Å². The summed E-state index contributed by atoms with van der Waals surface area (Å²) in [6.07, 6.45) is 2.71. The smallest absolute Gasteiger partial charge is 0.117 e. The summed E-state index contributed by atoms with van der Waals surface area (Å²) in [5.41, 5.74) is 1.71. The summed E-state index contributed by atoms with van der Waals surface area (Å²) in [5, 5.41) is 12.4. The van der Waals surface area contributed by atoms with Crippen molar-refractivity contribution in [3.05, 3.63) is 54.5 Å². The number of hydrogen-bond donors (Lipinski definition) is 1. The first-order valence-corrected chi connectivity index (χ1v) is 7.08. The summed E-state index contributed by atoms with van der Waals surface area (Å²) in [4.78, 5) is 12.9. The molecule has 0 fully saturated rings. The van der Waals surface area contributed by atoms with Crippen LogP contribution in [0.15, 0.2) is 59.0 Å². The molecule has 0 aliphatic rings. The predicted molar refractivity (Wildman–Crippen MR) is 78.5 cm³/mol. The molecule has 100 valence electrons. The second-order valence-corrected chi connectivity index (χ2v) is 5.35. The van der Waals surface area contributed by atoms with Crippen LogP contribution in [0, 0.1) is 0 Å². The number of aromatic nitrogens is 3. The van der Waals surface area contributed by atoms with Crippen molar-refractivity contribution < 1.29 is 5.11 Å². The van der Waals surface area contributed by atoms with Gasteiger partial charge in [0.2, 0.25) is 0 Å². The van der Waals surface area contributed by atoms with Gasteiger partial charge < -0.3 is 5.11 Å². The zero-order valence-corrected chi connectivity index (χ0v) is 11.7. The van der Waals surface area contributed by atoms with Gasteiger partial charge in [0.15, 0.2) is 0 Å². The van der Waals surface area contributed by atoms with Crippen LogP contribution in [0.2, 0.25) is 0 Å². The number of nitrogens with zero attached hydrogens (tertiary/aromatic N) is 3. The quantitative estimate of drug-likeness (QED) is 0.748. The third-order valence-electron chi connectivity index (χ3n) is 2.95. The number of pyridine rings is 1. The van der Waals surface area contributed by atoms with Gasteiger partial charge in [0, 0.05) is 17.1 Å². The summed E-state index contributed by atoms with van der Waals surface area (Å²) in [6.45, 7) is 1.74. The van der Waals surface area contributed by atoms with Crippen LogP contribution in [0.1, 0.15) is 18.6 Å². The Morgan fingerprint density at radius 2 is 1.85 bits per heavy atom. The molecule has 2 aromatic heterocycles. The van der Waals surface area contributed by atoms with Crippen LogP contribution >= 0.6 is 11.8 Å². The first kappa shape index (κ1) is 13.0. The van der Waals surface area contributed by atoms with E-state index in [9.17, 15) is 5.11 Å². The van der Waals surface area contributed by atoms with Gasteiger partial charge in [-0.1, -0.05) is 24.3 Å². The minimum absolute atomic E-state index is 0.556. The van der Waals surface area contributed by atoms with Crippen molar-refractivity contribution in [2.45, 2.75) is 23.1 Å². The fourth-order valence-corrected chi connectivity index (χ4v) is 3.00. The van der Waals surface area contributed by atoms with E-state index in [1.807, 2.05) is 36.4 Å². The summed E-state index contributed by atoms with van der Waals surface area (Å²) in [5.74, 6) is 0. The van der Waals surface area contributed by atoms with E-state index in [1.54, 1.807) is 19.4 Å². The maximum absolute atomic E-state index is 9.81. The van der Waals surface area contributed by atoms with Crippen LogP contribution in [0.25, 0.3) is 10.9 Å². The average molecular weight is 283 g/mol. The van der Waals surface area contributed by atoms with Crippen molar-refractivity contribution in [2.75, 3.05) is 0 Å². The van der Waals surface area contributed by atoms with Crippen LogP contribution in [0.5, 0.6) is 0 Å². The number of aliphatic hydroxyl groups is 1. The molecule has 0 saturated heterocycles. The van der Waals surface area contributed by atoms with E-state index in [1.165, 1.54) is 11.8 Å². The van der Waals surface area contributed by atoms with Crippen molar-refractivity contribution in [2.24, 2.45) is 0 Å². The van der Waals surface area contributed by atoms with Crippen molar-refractivity contribution in [1.82, 2.24) is 15.0 Å². The molecule has 2 heterocycles. The molecule has 1 atom stereocenters. The normalized spacial score (nSPS) is 12.5. The molecule has 0 aliphatic carbocycles. The van der Waals surface area contributed by atoms with Crippen LogP contribution in [-0.4, -0.2) is 20.1 Å². The van der Waals surface area contributed by atoms with Crippen LogP contribution in [-0.2, 0) is 0 Å². The first-order valence-electron chi connectivity index (χ1n) is 6.26. The summed E-state index contributed by atoms with van der Waals surface area (Å²) in [6, 6.07) is 11.6. The molecule has 5 heteroatoms.